The molecule has 6 heteroatoms. The fourth-order valence-corrected chi connectivity index (χ4v) is 3.90. The van der Waals surface area contributed by atoms with Crippen LogP contribution in [-0.2, 0) is 6.54 Å². The first kappa shape index (κ1) is 19.2. The van der Waals surface area contributed by atoms with Crippen molar-refractivity contribution >= 4 is 45.5 Å². The van der Waals surface area contributed by atoms with Gasteiger partial charge in [0.05, 0.1) is 11.8 Å². The minimum absolute atomic E-state index is 0.251. The largest absolute Gasteiger partial charge is 0.360 e. The Labute approximate surface area is 184 Å². The number of aromatic nitrogens is 2. The van der Waals surface area contributed by atoms with Crippen molar-refractivity contribution in [3.63, 3.8) is 0 Å². The third-order valence-electron chi connectivity index (χ3n) is 5.29. The van der Waals surface area contributed by atoms with Crippen molar-refractivity contribution in [1.29, 1.82) is 0 Å². The molecule has 0 saturated carbocycles. The van der Waals surface area contributed by atoms with Gasteiger partial charge < -0.3 is 9.55 Å². The molecule has 0 atom stereocenters. The van der Waals surface area contributed by atoms with Gasteiger partial charge in [-0.1, -0.05) is 60.1 Å². The van der Waals surface area contributed by atoms with Crippen molar-refractivity contribution < 1.29 is 4.79 Å². The fourth-order valence-electron chi connectivity index (χ4n) is 3.78. The highest BCUT2D eigenvalue weighted by molar-refractivity contribution is 6.30. The molecule has 0 fully saturated rings. The van der Waals surface area contributed by atoms with Gasteiger partial charge in [-0.2, -0.15) is 5.10 Å². The monoisotopic (exact) mass is 426 g/mol. The molecule has 2 N–H and O–H groups in total. The van der Waals surface area contributed by atoms with E-state index in [0.29, 0.717) is 12.1 Å². The number of hydrogen-bond donors (Lipinski definition) is 2. The third-order valence-corrected chi connectivity index (χ3v) is 5.54. The zero-order valence-electron chi connectivity index (χ0n) is 16.5. The van der Waals surface area contributed by atoms with Crippen LogP contribution in [0.1, 0.15) is 21.5 Å². The summed E-state index contributed by atoms with van der Waals surface area (Å²) in [5.41, 5.74) is 7.32. The molecular weight excluding hydrogens is 408 g/mol. The van der Waals surface area contributed by atoms with Crippen molar-refractivity contribution in [1.82, 2.24) is 15.0 Å². The van der Waals surface area contributed by atoms with Crippen LogP contribution < -0.4 is 5.43 Å². The van der Waals surface area contributed by atoms with Gasteiger partial charge in [-0.25, -0.2) is 5.43 Å². The van der Waals surface area contributed by atoms with Crippen LogP contribution in [0.3, 0.4) is 0 Å². The molecule has 5 nitrogen and oxygen atoms in total. The summed E-state index contributed by atoms with van der Waals surface area (Å²) in [6.07, 6.45) is 5.43. The molecule has 0 aliphatic carbocycles. The first-order chi connectivity index (χ1) is 15.2. The highest BCUT2D eigenvalue weighted by atomic mass is 35.5. The Morgan fingerprint density at radius 2 is 1.74 bits per heavy atom. The molecule has 0 aliphatic heterocycles. The number of benzene rings is 3. The second kappa shape index (κ2) is 8.13. The average molecular weight is 427 g/mol. The van der Waals surface area contributed by atoms with Gasteiger partial charge in [-0.3, -0.25) is 4.79 Å². The Morgan fingerprint density at radius 1 is 1.00 bits per heavy atom. The zero-order valence-corrected chi connectivity index (χ0v) is 17.3. The van der Waals surface area contributed by atoms with Crippen molar-refractivity contribution in [3.8, 4) is 0 Å². The Kier molecular flexibility index (Phi) is 5.02. The number of H-pyrrole nitrogens is 1. The minimum Gasteiger partial charge on any atom is -0.360 e. The summed E-state index contributed by atoms with van der Waals surface area (Å²) in [5.74, 6) is -0.251. The van der Waals surface area contributed by atoms with Crippen molar-refractivity contribution in [2.24, 2.45) is 5.10 Å². The summed E-state index contributed by atoms with van der Waals surface area (Å²) in [6.45, 7) is 0.715. The molecular formula is C25H19ClN4O. The maximum absolute atomic E-state index is 12.6. The van der Waals surface area contributed by atoms with Crippen LogP contribution in [0, 0.1) is 0 Å². The zero-order chi connectivity index (χ0) is 21.2. The maximum Gasteiger partial charge on any atom is 0.273 e. The summed E-state index contributed by atoms with van der Waals surface area (Å²) in [4.78, 5) is 15.7. The second-order valence-corrected chi connectivity index (χ2v) is 7.74. The number of hydrazone groups is 1. The normalized spacial score (nSPS) is 11.5. The van der Waals surface area contributed by atoms with Gasteiger partial charge in [-0.15, -0.1) is 0 Å². The first-order valence-corrected chi connectivity index (χ1v) is 10.3. The molecule has 0 unspecified atom stereocenters. The SMILES string of the molecule is O=C(N/N=C\c1cn(Cc2ccc(Cl)cc2)c2ccccc12)c1c[nH]c2ccccc12. The molecule has 152 valence electrons. The van der Waals surface area contributed by atoms with E-state index in [1.165, 1.54) is 0 Å². The van der Waals surface area contributed by atoms with E-state index in [4.69, 9.17) is 11.6 Å². The molecule has 0 spiro atoms. The topological polar surface area (TPSA) is 62.2 Å². The van der Waals surface area contributed by atoms with Crippen LogP contribution in [0.2, 0.25) is 5.02 Å². The predicted molar refractivity (Wildman–Crippen MR) is 126 cm³/mol. The van der Waals surface area contributed by atoms with Crippen molar-refractivity contribution in [2.45, 2.75) is 6.54 Å². The van der Waals surface area contributed by atoms with E-state index >= 15 is 0 Å². The fraction of sp³-hybridized carbons (Fsp3) is 0.0400. The van der Waals surface area contributed by atoms with Gasteiger partial charge in [0.15, 0.2) is 0 Å². The number of carbonyl (C=O) groups is 1. The highest BCUT2D eigenvalue weighted by Crippen LogP contribution is 2.22. The molecule has 2 heterocycles. The number of para-hydroxylation sites is 2. The number of amides is 1. The van der Waals surface area contributed by atoms with Crippen LogP contribution in [0.4, 0.5) is 0 Å². The molecule has 0 saturated heterocycles. The van der Waals surface area contributed by atoms with E-state index in [-0.39, 0.29) is 5.91 Å². The molecule has 0 aliphatic rings. The highest BCUT2D eigenvalue weighted by Gasteiger charge is 2.11. The lowest BCUT2D eigenvalue weighted by Crippen LogP contribution is -2.17. The van der Waals surface area contributed by atoms with Crippen LogP contribution in [0.15, 0.2) is 90.3 Å². The van der Waals surface area contributed by atoms with E-state index in [2.05, 4.69) is 32.2 Å². The van der Waals surface area contributed by atoms with Gasteiger partial charge in [0, 0.05) is 51.3 Å². The molecule has 1 amide bonds. The Bertz CT molecular complexity index is 1410. The predicted octanol–water partition coefficient (Wildman–Crippen LogP) is 5.59. The van der Waals surface area contributed by atoms with E-state index < -0.39 is 0 Å². The molecule has 0 radical (unpaired) electrons. The average Bonchev–Trinajstić information content (AvgIpc) is 3.37. The number of fused-ring (bicyclic) bond motifs is 2. The Morgan fingerprint density at radius 3 is 2.58 bits per heavy atom. The lowest BCUT2D eigenvalue weighted by atomic mass is 10.2. The van der Waals surface area contributed by atoms with Gasteiger partial charge in [-0.05, 0) is 29.8 Å². The van der Waals surface area contributed by atoms with Gasteiger partial charge in [0.2, 0.25) is 0 Å². The summed E-state index contributed by atoms with van der Waals surface area (Å²) in [5, 5.41) is 6.88. The third kappa shape index (κ3) is 3.83. The smallest absolute Gasteiger partial charge is 0.273 e. The van der Waals surface area contributed by atoms with Crippen molar-refractivity contribution in [3.05, 3.63) is 107 Å². The lowest BCUT2D eigenvalue weighted by molar-refractivity contribution is 0.0957. The summed E-state index contributed by atoms with van der Waals surface area (Å²) in [6, 6.07) is 23.7. The lowest BCUT2D eigenvalue weighted by Gasteiger charge is -2.05. The van der Waals surface area contributed by atoms with Crippen molar-refractivity contribution in [2.75, 3.05) is 0 Å². The molecule has 3 aromatic carbocycles. The summed E-state index contributed by atoms with van der Waals surface area (Å²) >= 11 is 6.01. The van der Waals surface area contributed by atoms with Crippen LogP contribution in [-0.4, -0.2) is 21.7 Å². The van der Waals surface area contributed by atoms with Crippen LogP contribution >= 0.6 is 11.6 Å². The number of hydrogen-bond acceptors (Lipinski definition) is 2. The minimum atomic E-state index is -0.251. The number of nitrogens with zero attached hydrogens (tertiary/aromatic N) is 2. The molecule has 5 aromatic rings. The van der Waals surface area contributed by atoms with E-state index in [0.717, 1.165) is 38.0 Å². The summed E-state index contributed by atoms with van der Waals surface area (Å²) in [7, 11) is 0. The van der Waals surface area contributed by atoms with Gasteiger partial charge in [0.25, 0.3) is 5.91 Å². The second-order valence-electron chi connectivity index (χ2n) is 7.30. The first-order valence-electron chi connectivity index (χ1n) is 9.91. The number of aromatic amines is 1. The van der Waals surface area contributed by atoms with Crippen LogP contribution in [0.5, 0.6) is 0 Å². The van der Waals surface area contributed by atoms with E-state index in [9.17, 15) is 4.79 Å². The summed E-state index contributed by atoms with van der Waals surface area (Å²) < 4.78 is 2.17. The number of carbonyl (C=O) groups excluding carboxylic acids is 1. The quantitative estimate of drug-likeness (QED) is 0.279. The molecule has 0 bridgehead atoms. The Balaban J connectivity index is 1.39. The van der Waals surface area contributed by atoms with E-state index in [1.54, 1.807) is 12.4 Å². The Hall–Kier alpha value is -3.83. The molecule has 31 heavy (non-hydrogen) atoms. The van der Waals surface area contributed by atoms with Gasteiger partial charge >= 0.3 is 0 Å². The number of rotatable bonds is 5. The van der Waals surface area contributed by atoms with E-state index in [1.807, 2.05) is 66.9 Å². The van der Waals surface area contributed by atoms with Crippen LogP contribution in [0.25, 0.3) is 21.8 Å². The number of nitrogens with one attached hydrogen (secondary N) is 2. The maximum atomic E-state index is 12.6. The van der Waals surface area contributed by atoms with Gasteiger partial charge in [0.1, 0.15) is 0 Å². The molecule has 2 aromatic heterocycles. The number of halogens is 1. The molecule has 5 rings (SSSR count). The standard InChI is InChI=1S/C25H19ClN4O/c26-19-11-9-17(10-12-19)15-30-16-18(20-5-2-4-8-24(20)30)13-28-29-25(31)22-14-27-23-7-3-1-6-21(22)23/h1-14,16,27H,15H2,(H,29,31)/b28-13-.